The Morgan fingerprint density at radius 2 is 2.16 bits per heavy atom. The lowest BCUT2D eigenvalue weighted by atomic mass is 10.2. The van der Waals surface area contributed by atoms with Gasteiger partial charge >= 0.3 is 0 Å². The van der Waals surface area contributed by atoms with E-state index in [2.05, 4.69) is 11.1 Å². The molecule has 0 aliphatic carbocycles. The SMILES string of the molecule is Cn1c(COc2cccnc2)cc2ccc(O)cc21. The summed E-state index contributed by atoms with van der Waals surface area (Å²) in [7, 11) is 1.96. The number of nitrogens with zero attached hydrogens (tertiary/aromatic N) is 2. The molecule has 0 unspecified atom stereocenters. The highest BCUT2D eigenvalue weighted by molar-refractivity contribution is 5.82. The first-order chi connectivity index (χ1) is 9.24. The maximum Gasteiger partial charge on any atom is 0.138 e. The molecule has 2 aromatic heterocycles. The maximum atomic E-state index is 9.52. The van der Waals surface area contributed by atoms with Crippen molar-refractivity contribution in [3.05, 3.63) is 54.5 Å². The van der Waals surface area contributed by atoms with Gasteiger partial charge in [0.05, 0.1) is 17.4 Å². The summed E-state index contributed by atoms with van der Waals surface area (Å²) in [5.41, 5.74) is 2.04. The molecule has 0 radical (unpaired) electrons. The lowest BCUT2D eigenvalue weighted by Crippen LogP contribution is -2.01. The van der Waals surface area contributed by atoms with Gasteiger partial charge in [0.25, 0.3) is 0 Å². The average Bonchev–Trinajstić information content (AvgIpc) is 2.74. The number of hydrogen-bond donors (Lipinski definition) is 1. The Balaban J connectivity index is 1.87. The van der Waals surface area contributed by atoms with Crippen LogP contribution in [0.2, 0.25) is 0 Å². The van der Waals surface area contributed by atoms with Gasteiger partial charge < -0.3 is 14.4 Å². The molecule has 19 heavy (non-hydrogen) atoms. The fourth-order valence-electron chi connectivity index (χ4n) is 2.10. The molecule has 0 aliphatic rings. The summed E-state index contributed by atoms with van der Waals surface area (Å²) in [4.78, 5) is 4.01. The summed E-state index contributed by atoms with van der Waals surface area (Å²) in [5, 5.41) is 10.6. The molecule has 2 heterocycles. The number of fused-ring (bicyclic) bond motifs is 1. The molecule has 0 saturated heterocycles. The largest absolute Gasteiger partial charge is 0.508 e. The molecule has 4 heteroatoms. The van der Waals surface area contributed by atoms with Gasteiger partial charge in [-0.1, -0.05) is 0 Å². The molecule has 1 N–H and O–H groups in total. The van der Waals surface area contributed by atoms with Crippen LogP contribution >= 0.6 is 0 Å². The van der Waals surface area contributed by atoms with Crippen LogP contribution < -0.4 is 4.74 Å². The number of aromatic hydroxyl groups is 1. The second kappa shape index (κ2) is 4.65. The summed E-state index contributed by atoms with van der Waals surface area (Å²) in [6.07, 6.45) is 3.40. The number of rotatable bonds is 3. The van der Waals surface area contributed by atoms with E-state index in [0.717, 1.165) is 22.3 Å². The first-order valence-corrected chi connectivity index (χ1v) is 6.04. The molecule has 0 amide bonds. The minimum Gasteiger partial charge on any atom is -0.508 e. The molecule has 0 bridgehead atoms. The Labute approximate surface area is 110 Å². The number of pyridine rings is 1. The van der Waals surface area contributed by atoms with Crippen LogP contribution in [-0.2, 0) is 13.7 Å². The molecule has 0 aliphatic heterocycles. The third-order valence-corrected chi connectivity index (χ3v) is 3.15. The Hall–Kier alpha value is -2.49. The van der Waals surface area contributed by atoms with Crippen LogP contribution in [-0.4, -0.2) is 14.7 Å². The molecule has 0 fully saturated rings. The second-order valence-electron chi connectivity index (χ2n) is 4.42. The minimum atomic E-state index is 0.272. The fraction of sp³-hybridized carbons (Fsp3) is 0.133. The number of phenolic OH excluding ortho intramolecular Hbond substituents is 1. The third-order valence-electron chi connectivity index (χ3n) is 3.15. The second-order valence-corrected chi connectivity index (χ2v) is 4.42. The Morgan fingerprint density at radius 1 is 1.26 bits per heavy atom. The number of aromatic nitrogens is 2. The van der Waals surface area contributed by atoms with E-state index in [0.29, 0.717) is 6.61 Å². The summed E-state index contributed by atoms with van der Waals surface area (Å²) < 4.78 is 7.71. The van der Waals surface area contributed by atoms with Gasteiger partial charge in [-0.25, -0.2) is 0 Å². The zero-order valence-electron chi connectivity index (χ0n) is 10.6. The zero-order valence-corrected chi connectivity index (χ0v) is 10.6. The van der Waals surface area contributed by atoms with Gasteiger partial charge in [0.1, 0.15) is 18.1 Å². The van der Waals surface area contributed by atoms with Gasteiger partial charge in [0.15, 0.2) is 0 Å². The first-order valence-electron chi connectivity index (χ1n) is 6.04. The van der Waals surface area contributed by atoms with Crippen molar-refractivity contribution >= 4 is 10.9 Å². The van der Waals surface area contributed by atoms with E-state index in [1.165, 1.54) is 0 Å². The summed E-state index contributed by atoms with van der Waals surface area (Å²) in [5.74, 6) is 1.02. The molecule has 0 spiro atoms. The van der Waals surface area contributed by atoms with Gasteiger partial charge in [-0.05, 0) is 30.3 Å². The highest BCUT2D eigenvalue weighted by Gasteiger charge is 2.07. The molecule has 96 valence electrons. The average molecular weight is 254 g/mol. The van der Waals surface area contributed by atoms with Crippen LogP contribution in [0.4, 0.5) is 0 Å². The molecule has 1 aromatic carbocycles. The summed E-state index contributed by atoms with van der Waals surface area (Å²) in [6, 6.07) is 11.1. The van der Waals surface area contributed by atoms with E-state index in [4.69, 9.17) is 4.74 Å². The summed E-state index contributed by atoms with van der Waals surface area (Å²) in [6.45, 7) is 0.470. The van der Waals surface area contributed by atoms with E-state index in [-0.39, 0.29) is 5.75 Å². The van der Waals surface area contributed by atoms with Crippen molar-refractivity contribution < 1.29 is 9.84 Å². The first kappa shape index (κ1) is 11.6. The van der Waals surface area contributed by atoms with Crippen LogP contribution in [0.25, 0.3) is 10.9 Å². The highest BCUT2D eigenvalue weighted by atomic mass is 16.5. The molecule has 0 atom stereocenters. The van der Waals surface area contributed by atoms with Crippen molar-refractivity contribution in [2.45, 2.75) is 6.61 Å². The third kappa shape index (κ3) is 2.25. The minimum absolute atomic E-state index is 0.272. The van der Waals surface area contributed by atoms with Crippen LogP contribution in [0.1, 0.15) is 5.69 Å². The van der Waals surface area contributed by atoms with Crippen LogP contribution in [0, 0.1) is 0 Å². The molecule has 0 saturated carbocycles. The van der Waals surface area contributed by atoms with E-state index >= 15 is 0 Å². The molecule has 3 rings (SSSR count). The monoisotopic (exact) mass is 254 g/mol. The smallest absolute Gasteiger partial charge is 0.138 e. The standard InChI is InChI=1S/C15H14N2O2/c1-17-12(10-19-14-3-2-6-16-9-14)7-11-4-5-13(18)8-15(11)17/h2-9,18H,10H2,1H3. The van der Waals surface area contributed by atoms with E-state index in [1.807, 2.05) is 29.8 Å². The van der Waals surface area contributed by atoms with E-state index in [9.17, 15) is 5.11 Å². The van der Waals surface area contributed by atoms with Gasteiger partial charge in [-0.3, -0.25) is 4.98 Å². The Bertz CT molecular complexity index is 705. The van der Waals surface area contributed by atoms with Crippen molar-refractivity contribution in [3.63, 3.8) is 0 Å². The predicted molar refractivity (Wildman–Crippen MR) is 73.2 cm³/mol. The molecule has 3 aromatic rings. The van der Waals surface area contributed by atoms with Gasteiger partial charge in [-0.15, -0.1) is 0 Å². The van der Waals surface area contributed by atoms with E-state index < -0.39 is 0 Å². The lowest BCUT2D eigenvalue weighted by Gasteiger charge is -2.07. The summed E-state index contributed by atoms with van der Waals surface area (Å²) >= 11 is 0. The van der Waals surface area contributed by atoms with Crippen LogP contribution in [0.3, 0.4) is 0 Å². The van der Waals surface area contributed by atoms with Crippen LogP contribution in [0.15, 0.2) is 48.8 Å². The number of phenols is 1. The quantitative estimate of drug-likeness (QED) is 0.781. The van der Waals surface area contributed by atoms with Gasteiger partial charge in [-0.2, -0.15) is 0 Å². The van der Waals surface area contributed by atoms with Crippen molar-refractivity contribution in [3.8, 4) is 11.5 Å². The predicted octanol–water partition coefficient (Wildman–Crippen LogP) is 2.86. The highest BCUT2D eigenvalue weighted by Crippen LogP contribution is 2.23. The normalized spacial score (nSPS) is 10.8. The van der Waals surface area contributed by atoms with Gasteiger partial charge in [0, 0.05) is 24.7 Å². The van der Waals surface area contributed by atoms with Crippen LogP contribution in [0.5, 0.6) is 11.5 Å². The zero-order chi connectivity index (χ0) is 13.2. The molecular formula is C15H14N2O2. The number of benzene rings is 1. The maximum absolute atomic E-state index is 9.52. The van der Waals surface area contributed by atoms with Gasteiger partial charge in [0.2, 0.25) is 0 Å². The molecular weight excluding hydrogens is 240 g/mol. The van der Waals surface area contributed by atoms with Crippen molar-refractivity contribution in [1.82, 2.24) is 9.55 Å². The number of ether oxygens (including phenoxy) is 1. The van der Waals surface area contributed by atoms with E-state index in [1.54, 1.807) is 24.5 Å². The Morgan fingerprint density at radius 3 is 2.95 bits per heavy atom. The Kier molecular flexibility index (Phi) is 2.83. The number of aryl methyl sites for hydroxylation is 1. The van der Waals surface area contributed by atoms with Crippen molar-refractivity contribution in [2.24, 2.45) is 7.05 Å². The lowest BCUT2D eigenvalue weighted by molar-refractivity contribution is 0.296. The number of hydrogen-bond acceptors (Lipinski definition) is 3. The topological polar surface area (TPSA) is 47.3 Å². The molecule has 4 nitrogen and oxygen atoms in total. The van der Waals surface area contributed by atoms with Crippen molar-refractivity contribution in [1.29, 1.82) is 0 Å². The van der Waals surface area contributed by atoms with Crippen molar-refractivity contribution in [2.75, 3.05) is 0 Å². The fourth-order valence-corrected chi connectivity index (χ4v) is 2.10.